The summed E-state index contributed by atoms with van der Waals surface area (Å²) in [5.41, 5.74) is 8.50. The first-order valence-corrected chi connectivity index (χ1v) is 7.09. The number of nitrogen functional groups attached to an aromatic ring is 1. The number of carbonyl (C=O) groups is 1. The topological polar surface area (TPSA) is 86.7 Å². The molecule has 0 fully saturated rings. The van der Waals surface area contributed by atoms with Gasteiger partial charge in [-0.1, -0.05) is 29.8 Å². The van der Waals surface area contributed by atoms with Crippen LogP contribution in [0.5, 0.6) is 0 Å². The predicted octanol–water partition coefficient (Wildman–Crippen LogP) is 2.53. The fourth-order valence-electron chi connectivity index (χ4n) is 2.36. The molecule has 0 atom stereocenters. The quantitative estimate of drug-likeness (QED) is 0.750. The predicted molar refractivity (Wildman–Crippen MR) is 84.7 cm³/mol. The standard InChI is InChI=1S/C16H17N5O/c1-9(2)21-16-12(15(17)18-8-19-16)13(20-21)14(22)11-6-4-10(3)5-7-11/h4-9H,1-3H3,(H2,17,18,19). The summed E-state index contributed by atoms with van der Waals surface area (Å²) in [6, 6.07) is 7.44. The van der Waals surface area contributed by atoms with Crippen molar-refractivity contribution in [3.63, 3.8) is 0 Å². The highest BCUT2D eigenvalue weighted by molar-refractivity contribution is 6.16. The molecule has 3 aromatic rings. The summed E-state index contributed by atoms with van der Waals surface area (Å²) in [4.78, 5) is 21.0. The molecule has 0 bridgehead atoms. The maximum atomic E-state index is 12.8. The van der Waals surface area contributed by atoms with Gasteiger partial charge in [-0.2, -0.15) is 5.10 Å². The minimum absolute atomic E-state index is 0.0661. The van der Waals surface area contributed by atoms with Gasteiger partial charge in [0.25, 0.3) is 0 Å². The van der Waals surface area contributed by atoms with Gasteiger partial charge in [-0.05, 0) is 20.8 Å². The summed E-state index contributed by atoms with van der Waals surface area (Å²) in [5, 5.41) is 4.95. The van der Waals surface area contributed by atoms with Crippen LogP contribution in [0.2, 0.25) is 0 Å². The molecule has 0 radical (unpaired) electrons. The van der Waals surface area contributed by atoms with E-state index in [1.54, 1.807) is 16.8 Å². The third-order valence-corrected chi connectivity index (χ3v) is 3.54. The van der Waals surface area contributed by atoms with E-state index < -0.39 is 0 Å². The highest BCUT2D eigenvalue weighted by Gasteiger charge is 2.23. The minimum atomic E-state index is -0.175. The molecular weight excluding hydrogens is 278 g/mol. The Labute approximate surface area is 128 Å². The SMILES string of the molecule is Cc1ccc(C(=O)c2nn(C(C)C)c3ncnc(N)c23)cc1. The second-order valence-corrected chi connectivity index (χ2v) is 5.54. The van der Waals surface area contributed by atoms with Crippen molar-refractivity contribution < 1.29 is 4.79 Å². The fraction of sp³-hybridized carbons (Fsp3) is 0.250. The van der Waals surface area contributed by atoms with Crippen LogP contribution >= 0.6 is 0 Å². The van der Waals surface area contributed by atoms with Crippen LogP contribution in [-0.4, -0.2) is 25.5 Å². The minimum Gasteiger partial charge on any atom is -0.383 e. The van der Waals surface area contributed by atoms with Gasteiger partial charge in [0.15, 0.2) is 5.65 Å². The first kappa shape index (κ1) is 14.2. The van der Waals surface area contributed by atoms with Gasteiger partial charge in [-0.25, -0.2) is 14.6 Å². The van der Waals surface area contributed by atoms with Crippen molar-refractivity contribution in [2.24, 2.45) is 0 Å². The molecule has 0 aliphatic carbocycles. The largest absolute Gasteiger partial charge is 0.383 e. The lowest BCUT2D eigenvalue weighted by Crippen LogP contribution is -2.07. The van der Waals surface area contributed by atoms with Crippen LogP contribution in [-0.2, 0) is 0 Å². The summed E-state index contributed by atoms with van der Waals surface area (Å²) >= 11 is 0. The Morgan fingerprint density at radius 2 is 1.86 bits per heavy atom. The normalized spacial score (nSPS) is 11.3. The number of carbonyl (C=O) groups excluding carboxylic acids is 1. The number of nitrogens with two attached hydrogens (primary N) is 1. The Morgan fingerprint density at radius 1 is 1.18 bits per heavy atom. The lowest BCUT2D eigenvalue weighted by atomic mass is 10.1. The number of hydrogen-bond acceptors (Lipinski definition) is 5. The Hall–Kier alpha value is -2.76. The molecule has 0 aliphatic heterocycles. The van der Waals surface area contributed by atoms with Crippen LogP contribution in [0.1, 0.15) is 41.5 Å². The third kappa shape index (κ3) is 2.22. The first-order chi connectivity index (χ1) is 10.5. The second kappa shape index (κ2) is 5.22. The van der Waals surface area contributed by atoms with Crippen LogP contribution < -0.4 is 5.73 Å². The number of aryl methyl sites for hydroxylation is 1. The van der Waals surface area contributed by atoms with Crippen molar-refractivity contribution >= 4 is 22.6 Å². The fourth-order valence-corrected chi connectivity index (χ4v) is 2.36. The number of ketones is 1. The maximum absolute atomic E-state index is 12.8. The summed E-state index contributed by atoms with van der Waals surface area (Å²) in [7, 11) is 0. The molecule has 0 spiro atoms. The van der Waals surface area contributed by atoms with Crippen LogP contribution in [0.15, 0.2) is 30.6 Å². The lowest BCUT2D eigenvalue weighted by Gasteiger charge is -2.05. The molecule has 2 N–H and O–H groups in total. The van der Waals surface area contributed by atoms with Crippen molar-refractivity contribution in [3.05, 3.63) is 47.4 Å². The number of anilines is 1. The number of hydrogen-bond donors (Lipinski definition) is 1. The van der Waals surface area contributed by atoms with Gasteiger partial charge in [0.05, 0.1) is 5.39 Å². The zero-order valence-corrected chi connectivity index (χ0v) is 12.7. The molecule has 1 aromatic carbocycles. The van der Waals surface area contributed by atoms with Crippen LogP contribution in [0.3, 0.4) is 0 Å². The third-order valence-electron chi connectivity index (χ3n) is 3.54. The van der Waals surface area contributed by atoms with Gasteiger partial charge in [0, 0.05) is 11.6 Å². The van der Waals surface area contributed by atoms with E-state index >= 15 is 0 Å². The molecule has 6 nitrogen and oxygen atoms in total. The molecule has 6 heteroatoms. The van der Waals surface area contributed by atoms with Crippen molar-refractivity contribution in [1.82, 2.24) is 19.7 Å². The second-order valence-electron chi connectivity index (χ2n) is 5.54. The maximum Gasteiger partial charge on any atom is 0.214 e. The van der Waals surface area contributed by atoms with Crippen LogP contribution in [0, 0.1) is 6.92 Å². The average molecular weight is 295 g/mol. The number of aromatic nitrogens is 4. The number of benzene rings is 1. The van der Waals surface area contributed by atoms with Crippen molar-refractivity contribution in [1.29, 1.82) is 0 Å². The molecule has 0 saturated carbocycles. The van der Waals surface area contributed by atoms with Crippen molar-refractivity contribution in [3.8, 4) is 0 Å². The molecule has 0 unspecified atom stereocenters. The number of nitrogens with zero attached hydrogens (tertiary/aromatic N) is 4. The van der Waals surface area contributed by atoms with E-state index in [9.17, 15) is 4.79 Å². The van der Waals surface area contributed by atoms with Gasteiger partial charge in [0.1, 0.15) is 17.8 Å². The van der Waals surface area contributed by atoms with Gasteiger partial charge in [0.2, 0.25) is 5.78 Å². The van der Waals surface area contributed by atoms with E-state index in [1.165, 1.54) is 6.33 Å². The molecule has 2 aromatic heterocycles. The molecule has 0 saturated heterocycles. The van der Waals surface area contributed by atoms with Crippen molar-refractivity contribution in [2.45, 2.75) is 26.8 Å². The van der Waals surface area contributed by atoms with Crippen molar-refractivity contribution in [2.75, 3.05) is 5.73 Å². The van der Waals surface area contributed by atoms with E-state index in [1.807, 2.05) is 32.9 Å². The van der Waals surface area contributed by atoms with E-state index in [0.717, 1.165) is 5.56 Å². The zero-order valence-electron chi connectivity index (χ0n) is 12.7. The van der Waals surface area contributed by atoms with Gasteiger partial charge < -0.3 is 5.73 Å². The summed E-state index contributed by atoms with van der Waals surface area (Å²) in [6.45, 7) is 5.93. The Kier molecular flexibility index (Phi) is 3.36. The average Bonchev–Trinajstić information content (AvgIpc) is 2.88. The van der Waals surface area contributed by atoms with Crippen LogP contribution in [0.4, 0.5) is 5.82 Å². The molecule has 112 valence electrons. The molecule has 2 heterocycles. The molecule has 22 heavy (non-hydrogen) atoms. The highest BCUT2D eigenvalue weighted by atomic mass is 16.1. The summed E-state index contributed by atoms with van der Waals surface area (Å²) in [5.74, 6) is 0.0956. The Morgan fingerprint density at radius 3 is 2.50 bits per heavy atom. The molecule has 0 aliphatic rings. The van der Waals surface area contributed by atoms with E-state index in [-0.39, 0.29) is 17.6 Å². The van der Waals surface area contributed by atoms with Gasteiger partial charge >= 0.3 is 0 Å². The smallest absolute Gasteiger partial charge is 0.214 e. The highest BCUT2D eigenvalue weighted by Crippen LogP contribution is 2.25. The van der Waals surface area contributed by atoms with E-state index in [4.69, 9.17) is 5.73 Å². The summed E-state index contributed by atoms with van der Waals surface area (Å²) < 4.78 is 1.70. The molecule has 0 amide bonds. The summed E-state index contributed by atoms with van der Waals surface area (Å²) in [6.07, 6.45) is 1.39. The Balaban J connectivity index is 2.22. The van der Waals surface area contributed by atoms with Gasteiger partial charge in [-0.3, -0.25) is 4.79 Å². The molecular formula is C16H17N5O. The number of rotatable bonds is 3. The molecule has 3 rings (SSSR count). The van der Waals surface area contributed by atoms with E-state index in [0.29, 0.717) is 22.3 Å². The monoisotopic (exact) mass is 295 g/mol. The van der Waals surface area contributed by atoms with Crippen LogP contribution in [0.25, 0.3) is 11.0 Å². The first-order valence-electron chi connectivity index (χ1n) is 7.09. The van der Waals surface area contributed by atoms with Gasteiger partial charge in [-0.15, -0.1) is 0 Å². The Bertz CT molecular complexity index is 849. The number of fused-ring (bicyclic) bond motifs is 1. The lowest BCUT2D eigenvalue weighted by molar-refractivity contribution is 0.103. The zero-order chi connectivity index (χ0) is 15.9. The van der Waals surface area contributed by atoms with E-state index in [2.05, 4.69) is 15.1 Å².